The predicted octanol–water partition coefficient (Wildman–Crippen LogP) is 6.32. The zero-order chi connectivity index (χ0) is 17.3. The van der Waals surface area contributed by atoms with Gasteiger partial charge in [-0.2, -0.15) is 0 Å². The first kappa shape index (κ1) is 17.7. The molecule has 3 N–H and O–H groups in total. The number of nitrogens with one attached hydrogen (secondary N) is 1. The van der Waals surface area contributed by atoms with Gasteiger partial charge in [-0.15, -0.1) is 0 Å². The van der Waals surface area contributed by atoms with Gasteiger partial charge in [0.2, 0.25) is 0 Å². The molecule has 0 saturated heterocycles. The molecule has 6 heteroatoms. The fraction of sp³-hybridized carbons (Fsp3) is 0.222. The Balaban J connectivity index is 2.21. The minimum absolute atomic E-state index is 0.353. The quantitative estimate of drug-likeness (QED) is 0.457. The number of hydrogen-bond donors (Lipinski definition) is 2. The largest absolute Gasteiger partial charge is 0.353 e. The molecule has 0 spiro atoms. The van der Waals surface area contributed by atoms with Crippen molar-refractivity contribution in [1.82, 2.24) is 4.98 Å². The summed E-state index contributed by atoms with van der Waals surface area (Å²) in [6, 6.07) is 8.23. The maximum absolute atomic E-state index is 13.4. The zero-order valence-electron chi connectivity index (χ0n) is 12.8. The van der Waals surface area contributed by atoms with Crippen LogP contribution in [0.25, 0.3) is 22.2 Å². The number of nitrogens with two attached hydrogens (primary N) is 1. The van der Waals surface area contributed by atoms with Crippen LogP contribution in [-0.2, 0) is 6.42 Å². The van der Waals surface area contributed by atoms with Gasteiger partial charge in [0.15, 0.2) is 0 Å². The third kappa shape index (κ3) is 3.47. The molecule has 126 valence electrons. The molecule has 0 aliphatic heterocycles. The molecular weight excluding hydrogens is 414 g/mol. The maximum atomic E-state index is 13.4. The van der Waals surface area contributed by atoms with Crippen LogP contribution in [0.2, 0.25) is 10.0 Å². The summed E-state index contributed by atoms with van der Waals surface area (Å²) >= 11 is 16.1. The summed E-state index contributed by atoms with van der Waals surface area (Å²) in [6.07, 6.45) is 2.73. The van der Waals surface area contributed by atoms with E-state index >= 15 is 0 Å². The molecule has 0 aliphatic rings. The van der Waals surface area contributed by atoms with Gasteiger partial charge in [-0.1, -0.05) is 23.2 Å². The Morgan fingerprint density at radius 2 is 1.92 bits per heavy atom. The molecule has 2 nitrogen and oxygen atoms in total. The van der Waals surface area contributed by atoms with Gasteiger partial charge >= 0.3 is 0 Å². The SMILES string of the molecule is NCCCCc1c(-c2ccc(F)cc2Cl)[nH]c2c(Br)cc(Cl)cc12. The van der Waals surface area contributed by atoms with Crippen molar-refractivity contribution in [1.29, 1.82) is 0 Å². The van der Waals surface area contributed by atoms with Crippen LogP contribution >= 0.6 is 39.1 Å². The Hall–Kier alpha value is -1.07. The van der Waals surface area contributed by atoms with E-state index in [0.29, 0.717) is 16.6 Å². The van der Waals surface area contributed by atoms with Crippen LogP contribution in [0, 0.1) is 5.82 Å². The van der Waals surface area contributed by atoms with E-state index in [2.05, 4.69) is 20.9 Å². The van der Waals surface area contributed by atoms with Crippen LogP contribution in [0.15, 0.2) is 34.8 Å². The summed E-state index contributed by atoms with van der Waals surface area (Å²) in [5, 5.41) is 2.08. The monoisotopic (exact) mass is 428 g/mol. The molecule has 0 atom stereocenters. The molecule has 2 aromatic carbocycles. The summed E-state index contributed by atoms with van der Waals surface area (Å²) in [4.78, 5) is 3.42. The highest BCUT2D eigenvalue weighted by atomic mass is 79.9. The molecule has 0 unspecified atom stereocenters. The van der Waals surface area contributed by atoms with E-state index in [1.807, 2.05) is 12.1 Å². The van der Waals surface area contributed by atoms with Crippen LogP contribution < -0.4 is 5.73 Å². The Bertz CT molecular complexity index is 892. The highest BCUT2D eigenvalue weighted by Gasteiger charge is 2.17. The fourth-order valence-electron chi connectivity index (χ4n) is 2.90. The van der Waals surface area contributed by atoms with E-state index < -0.39 is 0 Å². The van der Waals surface area contributed by atoms with Crippen molar-refractivity contribution in [3.8, 4) is 11.3 Å². The number of fused-ring (bicyclic) bond motifs is 1. The van der Waals surface area contributed by atoms with Gasteiger partial charge in [0, 0.05) is 20.4 Å². The molecule has 1 heterocycles. The third-order valence-corrected chi connectivity index (χ3v) is 5.17. The number of aromatic amines is 1. The van der Waals surface area contributed by atoms with E-state index in [1.165, 1.54) is 12.1 Å². The van der Waals surface area contributed by atoms with E-state index in [0.717, 1.165) is 51.5 Å². The average molecular weight is 430 g/mol. The molecule has 3 aromatic rings. The molecule has 0 aliphatic carbocycles. The summed E-state index contributed by atoms with van der Waals surface area (Å²) in [5.74, 6) is -0.353. The van der Waals surface area contributed by atoms with E-state index in [4.69, 9.17) is 28.9 Å². The van der Waals surface area contributed by atoms with Crippen molar-refractivity contribution in [2.45, 2.75) is 19.3 Å². The van der Waals surface area contributed by atoms with Crippen molar-refractivity contribution in [3.05, 3.63) is 56.2 Å². The molecule has 0 radical (unpaired) electrons. The lowest BCUT2D eigenvalue weighted by Gasteiger charge is -2.07. The van der Waals surface area contributed by atoms with Gasteiger partial charge in [0.1, 0.15) is 5.82 Å². The lowest BCUT2D eigenvalue weighted by Crippen LogP contribution is -1.99. The first-order valence-corrected chi connectivity index (χ1v) is 9.21. The second-order valence-corrected chi connectivity index (χ2v) is 7.36. The lowest BCUT2D eigenvalue weighted by atomic mass is 10.00. The number of benzene rings is 2. The van der Waals surface area contributed by atoms with E-state index in [9.17, 15) is 4.39 Å². The number of halogens is 4. The van der Waals surface area contributed by atoms with E-state index in [-0.39, 0.29) is 5.82 Å². The number of hydrogen-bond acceptors (Lipinski definition) is 1. The molecule has 0 saturated carbocycles. The van der Waals surface area contributed by atoms with Gasteiger partial charge in [0.05, 0.1) is 16.2 Å². The Labute approximate surface area is 158 Å². The topological polar surface area (TPSA) is 41.8 Å². The van der Waals surface area contributed by atoms with Gasteiger partial charge in [-0.25, -0.2) is 4.39 Å². The molecule has 0 fully saturated rings. The summed E-state index contributed by atoms with van der Waals surface area (Å²) in [7, 11) is 0. The van der Waals surface area contributed by atoms with Crippen LogP contribution in [0.1, 0.15) is 18.4 Å². The number of aryl methyl sites for hydroxylation is 1. The molecule has 1 aromatic heterocycles. The van der Waals surface area contributed by atoms with Gasteiger partial charge in [-0.3, -0.25) is 0 Å². The Morgan fingerprint density at radius 1 is 1.12 bits per heavy atom. The van der Waals surface area contributed by atoms with Gasteiger partial charge in [-0.05, 0) is 77.6 Å². The highest BCUT2D eigenvalue weighted by molar-refractivity contribution is 9.10. The molecule has 0 bridgehead atoms. The molecule has 24 heavy (non-hydrogen) atoms. The summed E-state index contributed by atoms with van der Waals surface area (Å²) in [6.45, 7) is 0.652. The minimum Gasteiger partial charge on any atom is -0.353 e. The number of aromatic nitrogens is 1. The average Bonchev–Trinajstić information content (AvgIpc) is 2.86. The van der Waals surface area contributed by atoms with Crippen LogP contribution in [0.5, 0.6) is 0 Å². The zero-order valence-corrected chi connectivity index (χ0v) is 15.9. The maximum Gasteiger partial charge on any atom is 0.124 e. The third-order valence-electron chi connectivity index (χ3n) is 4.01. The van der Waals surface area contributed by atoms with Crippen LogP contribution in [0.3, 0.4) is 0 Å². The summed E-state index contributed by atoms with van der Waals surface area (Å²) < 4.78 is 14.3. The number of H-pyrrole nitrogens is 1. The van der Waals surface area contributed by atoms with Crippen molar-refractivity contribution < 1.29 is 4.39 Å². The Morgan fingerprint density at radius 3 is 2.62 bits per heavy atom. The van der Waals surface area contributed by atoms with Crippen molar-refractivity contribution in [3.63, 3.8) is 0 Å². The number of unbranched alkanes of at least 4 members (excludes halogenated alkanes) is 1. The minimum atomic E-state index is -0.353. The predicted molar refractivity (Wildman–Crippen MR) is 103 cm³/mol. The van der Waals surface area contributed by atoms with Crippen molar-refractivity contribution in [2.75, 3.05) is 6.54 Å². The Kier molecular flexibility index (Phi) is 5.50. The van der Waals surface area contributed by atoms with Crippen molar-refractivity contribution >= 4 is 50.0 Å². The molecule has 0 amide bonds. The van der Waals surface area contributed by atoms with E-state index in [1.54, 1.807) is 6.07 Å². The van der Waals surface area contributed by atoms with Crippen molar-refractivity contribution in [2.24, 2.45) is 5.73 Å². The highest BCUT2D eigenvalue weighted by Crippen LogP contribution is 2.39. The first-order chi connectivity index (χ1) is 11.5. The van der Waals surface area contributed by atoms with Crippen LogP contribution in [0.4, 0.5) is 4.39 Å². The second-order valence-electron chi connectivity index (χ2n) is 5.66. The van der Waals surface area contributed by atoms with Crippen LogP contribution in [-0.4, -0.2) is 11.5 Å². The second kappa shape index (κ2) is 7.44. The smallest absolute Gasteiger partial charge is 0.124 e. The lowest BCUT2D eigenvalue weighted by molar-refractivity contribution is 0.628. The molecular formula is C18H16BrCl2FN2. The van der Waals surface area contributed by atoms with Gasteiger partial charge < -0.3 is 10.7 Å². The summed E-state index contributed by atoms with van der Waals surface area (Å²) in [5.41, 5.74) is 9.37. The number of rotatable bonds is 5. The normalized spacial score (nSPS) is 11.4. The standard InChI is InChI=1S/C18H16BrCl2FN2/c19-15-8-10(20)7-14-12(3-1-2-6-23)17(24-18(14)15)13-5-4-11(22)9-16(13)21/h4-5,7-9,24H,1-3,6,23H2. The molecule has 3 rings (SSSR count). The first-order valence-electron chi connectivity index (χ1n) is 7.66. The fourth-order valence-corrected chi connectivity index (χ4v) is 4.07. The van der Waals surface area contributed by atoms with Gasteiger partial charge in [0.25, 0.3) is 0 Å².